The lowest BCUT2D eigenvalue weighted by atomic mass is 9.51. The largest absolute Gasteiger partial charge is 0.385 e. The number of nitrogens with one attached hydrogen (secondary N) is 1. The predicted molar refractivity (Wildman–Crippen MR) is 124 cm³/mol. The molecular formula is C21H40IN3O3. The Morgan fingerprint density at radius 2 is 1.89 bits per heavy atom. The van der Waals surface area contributed by atoms with Crippen molar-refractivity contribution < 1.29 is 14.2 Å². The lowest BCUT2D eigenvalue weighted by molar-refractivity contribution is -0.169. The third kappa shape index (κ3) is 5.52. The Kier molecular flexibility index (Phi) is 10.3. The van der Waals surface area contributed by atoms with Crippen molar-refractivity contribution in [2.24, 2.45) is 10.4 Å². The fourth-order valence-corrected chi connectivity index (χ4v) is 4.87. The number of hydrogen-bond donors (Lipinski definition) is 1. The van der Waals surface area contributed by atoms with Crippen molar-refractivity contribution in [3.8, 4) is 0 Å². The molecule has 1 aliphatic heterocycles. The molecule has 28 heavy (non-hydrogen) atoms. The Morgan fingerprint density at radius 1 is 1.14 bits per heavy atom. The van der Waals surface area contributed by atoms with E-state index in [4.69, 9.17) is 19.2 Å². The first-order valence-corrected chi connectivity index (χ1v) is 11.0. The first-order valence-electron chi connectivity index (χ1n) is 11.0. The normalized spacial score (nSPS) is 27.1. The van der Waals surface area contributed by atoms with E-state index in [0.717, 1.165) is 71.1 Å². The van der Waals surface area contributed by atoms with Crippen LogP contribution in [0.15, 0.2) is 4.99 Å². The number of hydrogen-bond acceptors (Lipinski definition) is 4. The fraction of sp³-hybridized carbons (Fsp3) is 0.952. The van der Waals surface area contributed by atoms with Gasteiger partial charge in [-0.1, -0.05) is 6.42 Å². The lowest BCUT2D eigenvalue weighted by Crippen LogP contribution is -2.69. The van der Waals surface area contributed by atoms with Crippen molar-refractivity contribution in [2.75, 3.05) is 46.6 Å². The molecule has 164 valence electrons. The number of ether oxygens (including phenoxy) is 3. The quantitative estimate of drug-likeness (QED) is 0.224. The molecule has 3 rings (SSSR count). The van der Waals surface area contributed by atoms with Gasteiger partial charge in [0.1, 0.15) is 0 Å². The molecule has 3 aliphatic rings. The van der Waals surface area contributed by atoms with Crippen LogP contribution in [0.4, 0.5) is 0 Å². The van der Waals surface area contributed by atoms with E-state index in [0.29, 0.717) is 23.7 Å². The van der Waals surface area contributed by atoms with E-state index in [1.165, 1.54) is 19.3 Å². The summed E-state index contributed by atoms with van der Waals surface area (Å²) in [5, 5.41) is 3.82. The molecule has 0 aromatic rings. The van der Waals surface area contributed by atoms with Gasteiger partial charge in [0.25, 0.3) is 0 Å². The summed E-state index contributed by atoms with van der Waals surface area (Å²) in [4.78, 5) is 7.24. The maximum Gasteiger partial charge on any atom is 0.194 e. The van der Waals surface area contributed by atoms with Gasteiger partial charge in [-0.15, -0.1) is 24.0 Å². The van der Waals surface area contributed by atoms with Gasteiger partial charge in [0.05, 0.1) is 12.2 Å². The zero-order valence-corrected chi connectivity index (χ0v) is 20.3. The zero-order valence-electron chi connectivity index (χ0n) is 18.0. The molecule has 1 saturated heterocycles. The van der Waals surface area contributed by atoms with Crippen LogP contribution in [0.25, 0.3) is 0 Å². The standard InChI is InChI=1S/C21H39N3O3.HI/c1-4-22-20(23-18-16-19(26-5-2)21(18)10-6-11-21)24-12-8-17(9-13-24)27-15-7-14-25-3;/h17-19H,4-16H2,1-3H3,(H,22,23);1H. The summed E-state index contributed by atoms with van der Waals surface area (Å²) < 4.78 is 17.1. The van der Waals surface area contributed by atoms with Crippen molar-refractivity contribution in [3.63, 3.8) is 0 Å². The monoisotopic (exact) mass is 509 g/mol. The smallest absolute Gasteiger partial charge is 0.194 e. The number of rotatable bonds is 9. The SMILES string of the molecule is CCN=C(NC1CC(OCC)C12CCC2)N1CCC(OCCCOC)CC1.I. The number of aliphatic imine (C=N–C) groups is 1. The van der Waals surface area contributed by atoms with Crippen molar-refractivity contribution in [1.82, 2.24) is 10.2 Å². The van der Waals surface area contributed by atoms with Gasteiger partial charge in [-0.3, -0.25) is 4.99 Å². The summed E-state index contributed by atoms with van der Waals surface area (Å²) >= 11 is 0. The Labute approximate surface area is 188 Å². The van der Waals surface area contributed by atoms with Gasteiger partial charge in [-0.25, -0.2) is 0 Å². The Bertz CT molecular complexity index is 480. The number of methoxy groups -OCH3 is 1. The molecule has 2 aliphatic carbocycles. The molecule has 0 aromatic carbocycles. The van der Waals surface area contributed by atoms with Crippen LogP contribution < -0.4 is 5.32 Å². The van der Waals surface area contributed by atoms with E-state index in [1.807, 2.05) is 0 Å². The van der Waals surface area contributed by atoms with Crippen LogP contribution in [0.1, 0.15) is 58.8 Å². The molecule has 1 heterocycles. The minimum Gasteiger partial charge on any atom is -0.385 e. The van der Waals surface area contributed by atoms with Gasteiger partial charge in [0, 0.05) is 58.0 Å². The van der Waals surface area contributed by atoms with Crippen molar-refractivity contribution in [2.45, 2.75) is 77.0 Å². The van der Waals surface area contributed by atoms with E-state index < -0.39 is 0 Å². The molecule has 2 unspecified atom stereocenters. The van der Waals surface area contributed by atoms with Gasteiger partial charge in [0.2, 0.25) is 0 Å². The number of likely N-dealkylation sites (tertiary alicyclic amines) is 1. The predicted octanol–water partition coefficient (Wildman–Crippen LogP) is 3.44. The second-order valence-electron chi connectivity index (χ2n) is 8.16. The van der Waals surface area contributed by atoms with E-state index in [1.54, 1.807) is 7.11 Å². The third-order valence-electron chi connectivity index (χ3n) is 6.64. The van der Waals surface area contributed by atoms with E-state index in [9.17, 15) is 0 Å². The summed E-state index contributed by atoms with van der Waals surface area (Å²) in [6.07, 6.45) is 9.02. The van der Waals surface area contributed by atoms with Crippen LogP contribution in [0.5, 0.6) is 0 Å². The maximum absolute atomic E-state index is 6.00. The van der Waals surface area contributed by atoms with Gasteiger partial charge < -0.3 is 24.4 Å². The Balaban J connectivity index is 0.00000280. The summed E-state index contributed by atoms with van der Waals surface area (Å²) in [6, 6.07) is 0.524. The highest BCUT2D eigenvalue weighted by atomic mass is 127. The van der Waals surface area contributed by atoms with Gasteiger partial charge >= 0.3 is 0 Å². The lowest BCUT2D eigenvalue weighted by Gasteiger charge is -2.61. The second kappa shape index (κ2) is 11.9. The van der Waals surface area contributed by atoms with Crippen LogP contribution in [-0.4, -0.2) is 75.7 Å². The number of nitrogens with zero attached hydrogens (tertiary/aromatic N) is 2. The highest BCUT2D eigenvalue weighted by Gasteiger charge is 2.59. The van der Waals surface area contributed by atoms with Gasteiger partial charge in [-0.2, -0.15) is 0 Å². The maximum atomic E-state index is 6.00. The molecule has 1 spiro atoms. The average Bonchev–Trinajstić information content (AvgIpc) is 2.63. The highest BCUT2D eigenvalue weighted by Crippen LogP contribution is 2.57. The molecule has 1 N–H and O–H groups in total. The molecule has 7 heteroatoms. The molecule has 0 radical (unpaired) electrons. The molecule has 2 saturated carbocycles. The van der Waals surface area contributed by atoms with Gasteiger partial charge in [-0.05, 0) is 52.4 Å². The van der Waals surface area contributed by atoms with Crippen molar-refractivity contribution in [1.29, 1.82) is 0 Å². The summed E-state index contributed by atoms with van der Waals surface area (Å²) in [6.45, 7) is 9.51. The average molecular weight is 509 g/mol. The second-order valence-corrected chi connectivity index (χ2v) is 8.16. The minimum absolute atomic E-state index is 0. The fourth-order valence-electron chi connectivity index (χ4n) is 4.87. The third-order valence-corrected chi connectivity index (χ3v) is 6.64. The van der Waals surface area contributed by atoms with Crippen LogP contribution in [0.2, 0.25) is 0 Å². The van der Waals surface area contributed by atoms with E-state index in [-0.39, 0.29) is 24.0 Å². The van der Waals surface area contributed by atoms with Crippen LogP contribution in [0, 0.1) is 5.41 Å². The minimum atomic E-state index is 0. The number of piperidine rings is 1. The highest BCUT2D eigenvalue weighted by molar-refractivity contribution is 14.0. The Morgan fingerprint density at radius 3 is 2.46 bits per heavy atom. The van der Waals surface area contributed by atoms with Crippen LogP contribution >= 0.6 is 24.0 Å². The number of guanidine groups is 1. The van der Waals surface area contributed by atoms with E-state index in [2.05, 4.69) is 24.1 Å². The van der Waals surface area contributed by atoms with Crippen molar-refractivity contribution >= 4 is 29.9 Å². The molecule has 3 fully saturated rings. The molecule has 0 aromatic heterocycles. The Hall–Kier alpha value is -0.120. The molecule has 6 nitrogen and oxygen atoms in total. The molecular weight excluding hydrogens is 469 g/mol. The topological polar surface area (TPSA) is 55.3 Å². The first-order chi connectivity index (χ1) is 13.2. The first kappa shape index (κ1) is 24.2. The summed E-state index contributed by atoms with van der Waals surface area (Å²) in [5.41, 5.74) is 0.368. The van der Waals surface area contributed by atoms with E-state index >= 15 is 0 Å². The van der Waals surface area contributed by atoms with Gasteiger partial charge in [0.15, 0.2) is 5.96 Å². The summed E-state index contributed by atoms with van der Waals surface area (Å²) in [7, 11) is 1.74. The van der Waals surface area contributed by atoms with Crippen LogP contribution in [-0.2, 0) is 14.2 Å². The number of halogens is 1. The summed E-state index contributed by atoms with van der Waals surface area (Å²) in [5.74, 6) is 1.10. The molecule has 0 amide bonds. The zero-order chi connectivity index (χ0) is 19.1. The van der Waals surface area contributed by atoms with Crippen LogP contribution in [0.3, 0.4) is 0 Å². The molecule has 0 bridgehead atoms. The van der Waals surface area contributed by atoms with Crippen molar-refractivity contribution in [3.05, 3.63) is 0 Å². The molecule has 2 atom stereocenters.